The van der Waals surface area contributed by atoms with Crippen molar-refractivity contribution >= 4 is 11.6 Å². The normalized spacial score (nSPS) is 21.5. The molecule has 16 heavy (non-hydrogen) atoms. The molecule has 1 aliphatic heterocycles. The SMILES string of the molecule is OCC1CCCN1Cc1cccc(Cl)c1O. The number of para-hydroxylation sites is 1. The Morgan fingerprint density at radius 2 is 2.25 bits per heavy atom. The van der Waals surface area contributed by atoms with Crippen molar-refractivity contribution in [1.29, 1.82) is 0 Å². The van der Waals surface area contributed by atoms with Gasteiger partial charge in [-0.15, -0.1) is 0 Å². The molecule has 1 aliphatic rings. The largest absolute Gasteiger partial charge is 0.506 e. The lowest BCUT2D eigenvalue weighted by molar-refractivity contribution is 0.152. The molecule has 2 N–H and O–H groups in total. The van der Waals surface area contributed by atoms with Crippen molar-refractivity contribution in [3.63, 3.8) is 0 Å². The predicted molar refractivity (Wildman–Crippen MR) is 63.6 cm³/mol. The Bertz CT molecular complexity index is 370. The molecule has 1 aromatic rings. The summed E-state index contributed by atoms with van der Waals surface area (Å²) < 4.78 is 0. The van der Waals surface area contributed by atoms with Crippen LogP contribution in [0.5, 0.6) is 5.75 Å². The van der Waals surface area contributed by atoms with Gasteiger partial charge in [-0.2, -0.15) is 0 Å². The van der Waals surface area contributed by atoms with Gasteiger partial charge in [0.1, 0.15) is 5.75 Å². The Hall–Kier alpha value is -0.770. The van der Waals surface area contributed by atoms with Crippen LogP contribution < -0.4 is 0 Å². The smallest absolute Gasteiger partial charge is 0.138 e. The number of benzene rings is 1. The summed E-state index contributed by atoms with van der Waals surface area (Å²) in [5.41, 5.74) is 0.827. The van der Waals surface area contributed by atoms with Crippen molar-refractivity contribution in [3.8, 4) is 5.75 Å². The summed E-state index contributed by atoms with van der Waals surface area (Å²) in [5, 5.41) is 19.4. The molecule has 1 fully saturated rings. The van der Waals surface area contributed by atoms with Gasteiger partial charge in [-0.25, -0.2) is 0 Å². The van der Waals surface area contributed by atoms with Crippen molar-refractivity contribution in [2.75, 3.05) is 13.2 Å². The minimum atomic E-state index is 0.160. The number of hydrogen-bond donors (Lipinski definition) is 2. The van der Waals surface area contributed by atoms with Crippen LogP contribution in [0.15, 0.2) is 18.2 Å². The van der Waals surface area contributed by atoms with Gasteiger partial charge in [-0.1, -0.05) is 23.7 Å². The van der Waals surface area contributed by atoms with Crippen molar-refractivity contribution < 1.29 is 10.2 Å². The summed E-state index contributed by atoms with van der Waals surface area (Å²) in [6.07, 6.45) is 2.13. The molecule has 1 atom stereocenters. The van der Waals surface area contributed by atoms with Gasteiger partial charge < -0.3 is 10.2 Å². The van der Waals surface area contributed by atoms with E-state index < -0.39 is 0 Å². The minimum absolute atomic E-state index is 0.160. The van der Waals surface area contributed by atoms with E-state index in [4.69, 9.17) is 11.6 Å². The number of nitrogens with zero attached hydrogens (tertiary/aromatic N) is 1. The fourth-order valence-electron chi connectivity index (χ4n) is 2.22. The number of aliphatic hydroxyl groups is 1. The zero-order chi connectivity index (χ0) is 11.5. The number of aromatic hydroxyl groups is 1. The van der Waals surface area contributed by atoms with E-state index in [0.717, 1.165) is 24.9 Å². The first-order chi connectivity index (χ1) is 7.72. The highest BCUT2D eigenvalue weighted by atomic mass is 35.5. The molecule has 1 unspecified atom stereocenters. The Balaban J connectivity index is 2.11. The first-order valence-corrected chi connectivity index (χ1v) is 5.91. The number of rotatable bonds is 3. The fourth-order valence-corrected chi connectivity index (χ4v) is 2.41. The van der Waals surface area contributed by atoms with Crippen LogP contribution in [0.1, 0.15) is 18.4 Å². The summed E-state index contributed by atoms with van der Waals surface area (Å²) >= 11 is 5.85. The summed E-state index contributed by atoms with van der Waals surface area (Å²) in [4.78, 5) is 2.19. The molecule has 4 heteroatoms. The highest BCUT2D eigenvalue weighted by Gasteiger charge is 2.24. The van der Waals surface area contributed by atoms with Gasteiger partial charge in [0.25, 0.3) is 0 Å². The van der Waals surface area contributed by atoms with Crippen LogP contribution in [-0.4, -0.2) is 34.3 Å². The van der Waals surface area contributed by atoms with Crippen LogP contribution in [0, 0.1) is 0 Å². The number of phenols is 1. The lowest BCUT2D eigenvalue weighted by atomic mass is 10.1. The van der Waals surface area contributed by atoms with Crippen LogP contribution in [0.4, 0.5) is 0 Å². The molecule has 1 saturated heterocycles. The molecule has 0 aromatic heterocycles. The van der Waals surface area contributed by atoms with Crippen LogP contribution >= 0.6 is 11.6 Å². The quantitative estimate of drug-likeness (QED) is 0.851. The molecular weight excluding hydrogens is 226 g/mol. The molecule has 3 nitrogen and oxygen atoms in total. The lowest BCUT2D eigenvalue weighted by Gasteiger charge is -2.23. The molecule has 1 heterocycles. The van der Waals surface area contributed by atoms with Gasteiger partial charge in [-0.05, 0) is 25.5 Å². The van der Waals surface area contributed by atoms with Gasteiger partial charge in [0.15, 0.2) is 0 Å². The average molecular weight is 242 g/mol. The van der Waals surface area contributed by atoms with Gasteiger partial charge >= 0.3 is 0 Å². The number of likely N-dealkylation sites (tertiary alicyclic amines) is 1. The van der Waals surface area contributed by atoms with E-state index in [2.05, 4.69) is 4.90 Å². The zero-order valence-corrected chi connectivity index (χ0v) is 9.82. The van der Waals surface area contributed by atoms with Gasteiger partial charge in [0.2, 0.25) is 0 Å². The Labute approximate surface area is 100 Å². The predicted octanol–water partition coefficient (Wildman–Crippen LogP) is 2.00. The van der Waals surface area contributed by atoms with E-state index in [9.17, 15) is 10.2 Å². The van der Waals surface area contributed by atoms with Gasteiger partial charge in [0, 0.05) is 18.2 Å². The monoisotopic (exact) mass is 241 g/mol. The third-order valence-electron chi connectivity index (χ3n) is 3.15. The molecular formula is C12H16ClNO2. The number of phenolic OH excluding ortho intramolecular Hbond substituents is 1. The maximum Gasteiger partial charge on any atom is 0.138 e. The van der Waals surface area contributed by atoms with Crippen LogP contribution in [0.2, 0.25) is 5.02 Å². The second-order valence-corrected chi connectivity index (χ2v) is 4.60. The molecule has 0 radical (unpaired) electrons. The molecule has 0 spiro atoms. The van der Waals surface area contributed by atoms with Crippen molar-refractivity contribution in [1.82, 2.24) is 4.90 Å². The van der Waals surface area contributed by atoms with E-state index >= 15 is 0 Å². The van der Waals surface area contributed by atoms with Crippen molar-refractivity contribution in [3.05, 3.63) is 28.8 Å². The number of halogens is 1. The second kappa shape index (κ2) is 5.04. The summed E-state index contributed by atoms with van der Waals surface area (Å²) in [6, 6.07) is 5.60. The minimum Gasteiger partial charge on any atom is -0.506 e. The standard InChI is InChI=1S/C12H16ClNO2/c13-11-5-1-3-9(12(11)16)7-14-6-2-4-10(14)8-15/h1,3,5,10,15-16H,2,4,6-8H2. The van der Waals surface area contributed by atoms with Gasteiger partial charge in [-0.3, -0.25) is 4.90 Å². The second-order valence-electron chi connectivity index (χ2n) is 4.20. The van der Waals surface area contributed by atoms with Crippen molar-refractivity contribution in [2.24, 2.45) is 0 Å². The maximum atomic E-state index is 9.80. The van der Waals surface area contributed by atoms with Crippen LogP contribution in [-0.2, 0) is 6.54 Å². The third kappa shape index (κ3) is 2.32. The van der Waals surface area contributed by atoms with E-state index in [1.807, 2.05) is 12.1 Å². The molecule has 0 amide bonds. The Morgan fingerprint density at radius 3 is 3.00 bits per heavy atom. The first-order valence-electron chi connectivity index (χ1n) is 5.53. The fraction of sp³-hybridized carbons (Fsp3) is 0.500. The highest BCUT2D eigenvalue weighted by Crippen LogP contribution is 2.29. The van der Waals surface area contributed by atoms with Crippen LogP contribution in [0.25, 0.3) is 0 Å². The van der Waals surface area contributed by atoms with E-state index in [1.54, 1.807) is 6.07 Å². The lowest BCUT2D eigenvalue weighted by Crippen LogP contribution is -2.31. The number of hydrogen-bond acceptors (Lipinski definition) is 3. The Morgan fingerprint density at radius 1 is 1.44 bits per heavy atom. The summed E-state index contributed by atoms with van der Waals surface area (Å²) in [6.45, 7) is 1.80. The summed E-state index contributed by atoms with van der Waals surface area (Å²) in [5.74, 6) is 0.160. The molecule has 2 rings (SSSR count). The van der Waals surface area contributed by atoms with Crippen molar-refractivity contribution in [2.45, 2.75) is 25.4 Å². The van der Waals surface area contributed by atoms with E-state index in [-0.39, 0.29) is 18.4 Å². The average Bonchev–Trinajstić information content (AvgIpc) is 2.72. The van der Waals surface area contributed by atoms with Crippen LogP contribution in [0.3, 0.4) is 0 Å². The van der Waals surface area contributed by atoms with E-state index in [0.29, 0.717) is 11.6 Å². The first kappa shape index (κ1) is 11.7. The highest BCUT2D eigenvalue weighted by molar-refractivity contribution is 6.32. The summed E-state index contributed by atoms with van der Waals surface area (Å²) in [7, 11) is 0. The number of aliphatic hydroxyl groups excluding tert-OH is 1. The zero-order valence-electron chi connectivity index (χ0n) is 9.06. The van der Waals surface area contributed by atoms with E-state index in [1.165, 1.54) is 0 Å². The topological polar surface area (TPSA) is 43.7 Å². The molecule has 88 valence electrons. The molecule has 0 bridgehead atoms. The Kier molecular flexibility index (Phi) is 3.69. The third-order valence-corrected chi connectivity index (χ3v) is 3.46. The maximum absolute atomic E-state index is 9.80. The van der Waals surface area contributed by atoms with Gasteiger partial charge in [0.05, 0.1) is 11.6 Å². The molecule has 1 aromatic carbocycles. The molecule has 0 aliphatic carbocycles. The molecule has 0 saturated carbocycles.